The van der Waals surface area contributed by atoms with E-state index in [-0.39, 0.29) is 6.04 Å². The van der Waals surface area contributed by atoms with Gasteiger partial charge in [0.2, 0.25) is 0 Å². The molecule has 1 aromatic heterocycles. The van der Waals surface area contributed by atoms with Crippen LogP contribution in [0, 0.1) is 13.8 Å². The topological polar surface area (TPSA) is 48.1 Å². The van der Waals surface area contributed by atoms with Gasteiger partial charge in [-0.1, -0.05) is 31.9 Å². The number of benzene rings is 1. The Kier molecular flexibility index (Phi) is 5.41. The van der Waals surface area contributed by atoms with Crippen LogP contribution >= 0.6 is 31.9 Å². The molecule has 1 aromatic carbocycles. The first-order chi connectivity index (χ1) is 9.93. The van der Waals surface area contributed by atoms with Crippen LogP contribution in [0.5, 0.6) is 5.75 Å². The quantitative estimate of drug-likeness (QED) is 0.803. The average Bonchev–Trinajstić information content (AvgIpc) is 2.45. The van der Waals surface area contributed by atoms with E-state index in [9.17, 15) is 0 Å². The van der Waals surface area contributed by atoms with Crippen molar-refractivity contribution in [2.75, 3.05) is 7.11 Å². The summed E-state index contributed by atoms with van der Waals surface area (Å²) in [4.78, 5) is 4.52. The molecule has 0 spiro atoms. The molecule has 0 aliphatic rings. The lowest BCUT2D eigenvalue weighted by Gasteiger charge is -2.17. The zero-order valence-electron chi connectivity index (χ0n) is 12.3. The van der Waals surface area contributed by atoms with E-state index in [0.717, 1.165) is 37.1 Å². The van der Waals surface area contributed by atoms with E-state index in [4.69, 9.17) is 10.5 Å². The minimum Gasteiger partial charge on any atom is -0.496 e. The predicted molar refractivity (Wildman–Crippen MR) is 92.7 cm³/mol. The van der Waals surface area contributed by atoms with Crippen molar-refractivity contribution >= 4 is 31.9 Å². The molecule has 1 atom stereocenters. The van der Waals surface area contributed by atoms with Crippen LogP contribution in [0.4, 0.5) is 0 Å². The van der Waals surface area contributed by atoms with Gasteiger partial charge in [-0.2, -0.15) is 0 Å². The third-order valence-electron chi connectivity index (χ3n) is 3.52. The van der Waals surface area contributed by atoms with Crippen molar-refractivity contribution in [1.29, 1.82) is 0 Å². The highest BCUT2D eigenvalue weighted by molar-refractivity contribution is 9.11. The van der Waals surface area contributed by atoms with Gasteiger partial charge in [-0.3, -0.25) is 4.98 Å². The second-order valence-corrected chi connectivity index (χ2v) is 6.79. The summed E-state index contributed by atoms with van der Waals surface area (Å²) in [6, 6.07) is 5.89. The van der Waals surface area contributed by atoms with Gasteiger partial charge in [0.1, 0.15) is 5.75 Å². The number of hydrogen-bond acceptors (Lipinski definition) is 3. The van der Waals surface area contributed by atoms with E-state index in [2.05, 4.69) is 36.8 Å². The van der Waals surface area contributed by atoms with Crippen molar-refractivity contribution in [3.05, 3.63) is 55.7 Å². The number of nitrogens with zero attached hydrogens (tertiary/aromatic N) is 1. The molecule has 21 heavy (non-hydrogen) atoms. The molecular formula is C16H18Br2N2O. The summed E-state index contributed by atoms with van der Waals surface area (Å²) >= 11 is 7.04. The minimum atomic E-state index is -0.129. The molecular weight excluding hydrogens is 396 g/mol. The summed E-state index contributed by atoms with van der Waals surface area (Å²) < 4.78 is 7.47. The Morgan fingerprint density at radius 3 is 2.67 bits per heavy atom. The minimum absolute atomic E-state index is 0.129. The predicted octanol–water partition coefficient (Wildman–Crippen LogP) is 4.47. The van der Waals surface area contributed by atoms with Crippen LogP contribution in [0.1, 0.15) is 28.4 Å². The van der Waals surface area contributed by atoms with Gasteiger partial charge in [0.15, 0.2) is 0 Å². The number of aromatic nitrogens is 1. The van der Waals surface area contributed by atoms with Crippen LogP contribution < -0.4 is 10.5 Å². The zero-order chi connectivity index (χ0) is 15.6. The van der Waals surface area contributed by atoms with Crippen molar-refractivity contribution in [2.45, 2.75) is 26.3 Å². The van der Waals surface area contributed by atoms with Gasteiger partial charge in [0.25, 0.3) is 0 Å². The van der Waals surface area contributed by atoms with Gasteiger partial charge < -0.3 is 10.5 Å². The summed E-state index contributed by atoms with van der Waals surface area (Å²) in [7, 11) is 1.68. The molecule has 1 heterocycles. The van der Waals surface area contributed by atoms with E-state index in [1.807, 2.05) is 38.2 Å². The lowest BCUT2D eigenvalue weighted by molar-refractivity contribution is 0.406. The molecule has 0 radical (unpaired) electrons. The van der Waals surface area contributed by atoms with Gasteiger partial charge in [0.05, 0.1) is 7.11 Å². The lowest BCUT2D eigenvalue weighted by Crippen LogP contribution is -2.16. The number of halogens is 2. The first-order valence-corrected chi connectivity index (χ1v) is 8.22. The second-order valence-electron chi connectivity index (χ2n) is 5.02. The highest BCUT2D eigenvalue weighted by Gasteiger charge is 2.16. The molecule has 112 valence electrons. The fourth-order valence-corrected chi connectivity index (χ4v) is 3.31. The number of rotatable bonds is 4. The van der Waals surface area contributed by atoms with Crippen molar-refractivity contribution in [1.82, 2.24) is 4.98 Å². The van der Waals surface area contributed by atoms with E-state index in [1.54, 1.807) is 7.11 Å². The number of methoxy groups -OCH3 is 1. The third kappa shape index (κ3) is 3.65. The Bertz CT molecular complexity index is 659. The van der Waals surface area contributed by atoms with Crippen LogP contribution in [0.2, 0.25) is 0 Å². The van der Waals surface area contributed by atoms with E-state index in [1.165, 1.54) is 0 Å². The monoisotopic (exact) mass is 412 g/mol. The van der Waals surface area contributed by atoms with Crippen molar-refractivity contribution in [2.24, 2.45) is 5.73 Å². The van der Waals surface area contributed by atoms with E-state index < -0.39 is 0 Å². The molecule has 0 bridgehead atoms. The van der Waals surface area contributed by atoms with Gasteiger partial charge in [0, 0.05) is 44.4 Å². The fraction of sp³-hybridized carbons (Fsp3) is 0.312. The van der Waals surface area contributed by atoms with E-state index in [0.29, 0.717) is 6.42 Å². The number of pyridine rings is 1. The first kappa shape index (κ1) is 16.5. The summed E-state index contributed by atoms with van der Waals surface area (Å²) in [5.74, 6) is 0.889. The van der Waals surface area contributed by atoms with Gasteiger partial charge in [-0.25, -0.2) is 0 Å². The number of ether oxygens (including phenoxy) is 1. The highest BCUT2D eigenvalue weighted by atomic mass is 79.9. The van der Waals surface area contributed by atoms with Crippen LogP contribution in [-0.4, -0.2) is 12.1 Å². The average molecular weight is 414 g/mol. The largest absolute Gasteiger partial charge is 0.496 e. The third-order valence-corrected chi connectivity index (χ3v) is 4.74. The molecule has 0 saturated carbocycles. The second kappa shape index (κ2) is 6.90. The molecule has 0 aliphatic heterocycles. The fourth-order valence-electron chi connectivity index (χ4n) is 2.39. The Labute approximate surface area is 142 Å². The molecule has 3 nitrogen and oxygen atoms in total. The molecule has 0 aliphatic carbocycles. The number of hydrogen-bond donors (Lipinski definition) is 1. The summed E-state index contributed by atoms with van der Waals surface area (Å²) in [5.41, 5.74) is 10.5. The van der Waals surface area contributed by atoms with Crippen molar-refractivity contribution < 1.29 is 4.74 Å². The highest BCUT2D eigenvalue weighted by Crippen LogP contribution is 2.30. The standard InChI is InChI=1S/C16H18Br2N2O/c1-9-8-20-15(10(2)16(9)21-3)7-14(19)12-6-11(17)4-5-13(12)18/h4-6,8,14H,7,19H2,1-3H3. The molecule has 0 saturated heterocycles. The SMILES string of the molecule is COc1c(C)cnc(CC(N)c2cc(Br)ccc2Br)c1C. The molecule has 0 fully saturated rings. The Morgan fingerprint density at radius 2 is 2.00 bits per heavy atom. The smallest absolute Gasteiger partial charge is 0.128 e. The van der Waals surface area contributed by atoms with Crippen LogP contribution in [-0.2, 0) is 6.42 Å². The summed E-state index contributed by atoms with van der Waals surface area (Å²) in [6.45, 7) is 4.02. The van der Waals surface area contributed by atoms with Gasteiger partial charge in [-0.05, 0) is 37.6 Å². The normalized spacial score (nSPS) is 12.3. The maximum atomic E-state index is 6.36. The molecule has 0 amide bonds. The molecule has 2 rings (SSSR count). The van der Waals surface area contributed by atoms with Crippen LogP contribution in [0.15, 0.2) is 33.3 Å². The zero-order valence-corrected chi connectivity index (χ0v) is 15.5. The first-order valence-electron chi connectivity index (χ1n) is 6.63. The number of aryl methyl sites for hydroxylation is 1. The molecule has 5 heteroatoms. The van der Waals surface area contributed by atoms with Crippen LogP contribution in [0.3, 0.4) is 0 Å². The molecule has 2 N–H and O–H groups in total. The Morgan fingerprint density at radius 1 is 1.29 bits per heavy atom. The maximum absolute atomic E-state index is 6.36. The van der Waals surface area contributed by atoms with Gasteiger partial charge in [-0.15, -0.1) is 0 Å². The van der Waals surface area contributed by atoms with Crippen molar-refractivity contribution in [3.8, 4) is 5.75 Å². The van der Waals surface area contributed by atoms with Crippen LogP contribution in [0.25, 0.3) is 0 Å². The summed E-state index contributed by atoms with van der Waals surface area (Å²) in [5, 5.41) is 0. The van der Waals surface area contributed by atoms with Crippen molar-refractivity contribution in [3.63, 3.8) is 0 Å². The Balaban J connectivity index is 2.32. The maximum Gasteiger partial charge on any atom is 0.128 e. The van der Waals surface area contributed by atoms with E-state index >= 15 is 0 Å². The lowest BCUT2D eigenvalue weighted by atomic mass is 9.99. The summed E-state index contributed by atoms with van der Waals surface area (Å²) in [6.07, 6.45) is 2.50. The Hall–Kier alpha value is -0.910. The molecule has 2 aromatic rings. The molecule has 1 unspecified atom stereocenters. The van der Waals surface area contributed by atoms with Gasteiger partial charge >= 0.3 is 0 Å². The number of nitrogens with two attached hydrogens (primary N) is 1.